The Hall–Kier alpha value is -1.35. The molecule has 0 atom stereocenters. The first-order valence-corrected chi connectivity index (χ1v) is 5.42. The Labute approximate surface area is 94.1 Å². The third kappa shape index (κ3) is 5.50. The number of hydrogen-bond acceptors (Lipinski definition) is 4. The maximum atomic E-state index is 12.4. The molecule has 9 heteroatoms. The third-order valence-electron chi connectivity index (χ3n) is 1.38. The van der Waals surface area contributed by atoms with Crippen LogP contribution >= 0.6 is 0 Å². The van der Waals surface area contributed by atoms with Gasteiger partial charge >= 0.3 is 16.6 Å². The summed E-state index contributed by atoms with van der Waals surface area (Å²) in [5.74, 6) is -1.00. The van der Waals surface area contributed by atoms with Gasteiger partial charge < -0.3 is 4.18 Å². The van der Waals surface area contributed by atoms with E-state index < -0.39 is 29.0 Å². The summed E-state index contributed by atoms with van der Waals surface area (Å²) >= 11 is 0. The lowest BCUT2D eigenvalue weighted by Gasteiger charge is -2.08. The van der Waals surface area contributed by atoms with Gasteiger partial charge in [0.25, 0.3) is 0 Å². The number of hydrogen-bond donors (Lipinski definition) is 0. The van der Waals surface area contributed by atoms with Crippen LogP contribution in [0.3, 0.4) is 0 Å². The molecule has 0 heterocycles. The van der Waals surface area contributed by atoms with E-state index in [-0.39, 0.29) is 5.75 Å². The molecule has 0 aliphatic heterocycles. The van der Waals surface area contributed by atoms with Crippen LogP contribution in [0.4, 0.5) is 17.6 Å². The molecule has 0 amide bonds. The monoisotopic (exact) mass is 274 g/mol. The molecule has 0 aromatic heterocycles. The van der Waals surface area contributed by atoms with Crippen LogP contribution in [0.1, 0.15) is 0 Å². The largest absolute Gasteiger partial charge is 0.449 e. The van der Waals surface area contributed by atoms with Crippen molar-refractivity contribution >= 4 is 10.4 Å². The minimum atomic E-state index is -4.82. The fourth-order valence-corrected chi connectivity index (χ4v) is 1.44. The fourth-order valence-electron chi connectivity index (χ4n) is 0.771. The van der Waals surface area contributed by atoms with Gasteiger partial charge in [-0.05, 0) is 24.3 Å². The lowest BCUT2D eigenvalue weighted by molar-refractivity contribution is -0.153. The Morgan fingerprint density at radius 2 is 1.65 bits per heavy atom. The number of halogens is 4. The highest BCUT2D eigenvalue weighted by molar-refractivity contribution is 7.82. The van der Waals surface area contributed by atoms with Crippen LogP contribution in [-0.2, 0) is 14.6 Å². The van der Waals surface area contributed by atoms with E-state index >= 15 is 0 Å². The average molecular weight is 274 g/mol. The predicted octanol–water partition coefficient (Wildman–Crippen LogP) is 2.03. The minimum absolute atomic E-state index is 0.353. The zero-order chi connectivity index (χ0) is 13.1. The average Bonchev–Trinajstić information content (AvgIpc) is 2.18. The second-order valence-electron chi connectivity index (χ2n) is 2.82. The topological polar surface area (TPSA) is 52.6 Å². The highest BCUT2D eigenvalue weighted by Gasteiger charge is 2.31. The van der Waals surface area contributed by atoms with Gasteiger partial charge in [0.15, 0.2) is 6.61 Å². The van der Waals surface area contributed by atoms with E-state index in [9.17, 15) is 26.0 Å². The minimum Gasteiger partial charge on any atom is -0.362 e. The van der Waals surface area contributed by atoms with Crippen LogP contribution in [-0.4, -0.2) is 21.2 Å². The zero-order valence-corrected chi connectivity index (χ0v) is 8.89. The summed E-state index contributed by atoms with van der Waals surface area (Å²) < 4.78 is 77.0. The van der Waals surface area contributed by atoms with E-state index in [0.717, 1.165) is 24.3 Å². The molecule has 1 aromatic rings. The van der Waals surface area contributed by atoms with Gasteiger partial charge in [-0.15, -0.1) is 0 Å². The molecular weight excluding hydrogens is 268 g/mol. The summed E-state index contributed by atoms with van der Waals surface area (Å²) in [4.78, 5) is 0. The highest BCUT2D eigenvalue weighted by atomic mass is 32.3. The van der Waals surface area contributed by atoms with Crippen LogP contribution in [0.2, 0.25) is 0 Å². The van der Waals surface area contributed by atoms with Crippen LogP contribution in [0.25, 0.3) is 0 Å². The van der Waals surface area contributed by atoms with E-state index in [4.69, 9.17) is 0 Å². The van der Waals surface area contributed by atoms with Gasteiger partial charge in [0.1, 0.15) is 11.6 Å². The Kier molecular flexibility index (Phi) is 3.94. The Bertz CT molecular complexity index is 465. The normalized spacial score (nSPS) is 12.5. The standard InChI is InChI=1S/C8H6F4O4S/c9-6-1-3-7(4-2-6)16-17(13,14)15-5-8(10,11)12/h1-4H,5H2. The Morgan fingerprint density at radius 1 is 1.12 bits per heavy atom. The van der Waals surface area contributed by atoms with E-state index in [1.54, 1.807) is 0 Å². The van der Waals surface area contributed by atoms with Crippen LogP contribution in [0, 0.1) is 5.82 Å². The molecule has 0 unspecified atom stereocenters. The first kappa shape index (κ1) is 13.7. The lowest BCUT2D eigenvalue weighted by atomic mass is 10.3. The van der Waals surface area contributed by atoms with Crippen molar-refractivity contribution in [1.82, 2.24) is 0 Å². The fraction of sp³-hybridized carbons (Fsp3) is 0.250. The summed E-state index contributed by atoms with van der Waals surface area (Å²) in [7, 11) is -4.82. The molecule has 0 aliphatic carbocycles. The van der Waals surface area contributed by atoms with Gasteiger partial charge in [-0.3, -0.25) is 0 Å². The molecule has 0 N–H and O–H groups in total. The molecule has 96 valence electrons. The summed E-state index contributed by atoms with van der Waals surface area (Å²) in [6, 6.07) is 3.64. The first-order chi connectivity index (χ1) is 7.68. The summed E-state index contributed by atoms with van der Waals surface area (Å²) in [5, 5.41) is 0. The van der Waals surface area contributed by atoms with Gasteiger partial charge in [0.2, 0.25) is 0 Å². The number of rotatable bonds is 4. The van der Waals surface area contributed by atoms with Crippen molar-refractivity contribution in [3.63, 3.8) is 0 Å². The van der Waals surface area contributed by atoms with Gasteiger partial charge in [-0.25, -0.2) is 8.57 Å². The van der Waals surface area contributed by atoms with Crippen molar-refractivity contribution in [3.8, 4) is 5.75 Å². The van der Waals surface area contributed by atoms with E-state index in [1.807, 2.05) is 0 Å². The van der Waals surface area contributed by atoms with Crippen molar-refractivity contribution in [3.05, 3.63) is 30.1 Å². The molecule has 17 heavy (non-hydrogen) atoms. The molecule has 0 spiro atoms. The summed E-state index contributed by atoms with van der Waals surface area (Å²) in [6.07, 6.45) is -4.79. The Morgan fingerprint density at radius 3 is 2.12 bits per heavy atom. The maximum Gasteiger partial charge on any atom is 0.449 e. The molecule has 1 aromatic carbocycles. The second-order valence-corrected chi connectivity index (χ2v) is 4.04. The molecule has 0 fully saturated rings. The molecule has 0 aliphatic rings. The van der Waals surface area contributed by atoms with Crippen LogP contribution in [0.5, 0.6) is 5.75 Å². The zero-order valence-electron chi connectivity index (χ0n) is 8.07. The SMILES string of the molecule is O=S(=O)(OCC(F)(F)F)Oc1ccc(F)cc1. The van der Waals surface area contributed by atoms with Crippen molar-refractivity contribution < 1.29 is 34.3 Å². The van der Waals surface area contributed by atoms with Crippen molar-refractivity contribution in [2.75, 3.05) is 6.61 Å². The van der Waals surface area contributed by atoms with Crippen molar-refractivity contribution in [1.29, 1.82) is 0 Å². The summed E-state index contributed by atoms with van der Waals surface area (Å²) in [5.41, 5.74) is 0. The van der Waals surface area contributed by atoms with Crippen LogP contribution < -0.4 is 4.18 Å². The third-order valence-corrected chi connectivity index (χ3v) is 2.18. The van der Waals surface area contributed by atoms with Gasteiger partial charge in [-0.2, -0.15) is 21.6 Å². The molecule has 0 bridgehead atoms. The Balaban J connectivity index is 2.64. The van der Waals surface area contributed by atoms with E-state index in [1.165, 1.54) is 0 Å². The van der Waals surface area contributed by atoms with Gasteiger partial charge in [0.05, 0.1) is 0 Å². The molecule has 0 radical (unpaired) electrons. The van der Waals surface area contributed by atoms with Gasteiger partial charge in [-0.1, -0.05) is 0 Å². The van der Waals surface area contributed by atoms with E-state index in [0.29, 0.717) is 0 Å². The smallest absolute Gasteiger partial charge is 0.362 e. The predicted molar refractivity (Wildman–Crippen MR) is 48.0 cm³/mol. The second kappa shape index (κ2) is 4.88. The summed E-state index contributed by atoms with van der Waals surface area (Å²) in [6.45, 7) is -1.99. The van der Waals surface area contributed by atoms with Crippen molar-refractivity contribution in [2.45, 2.75) is 6.18 Å². The number of alkyl halides is 3. The maximum absolute atomic E-state index is 12.4. The molecule has 1 rings (SSSR count). The van der Waals surface area contributed by atoms with E-state index in [2.05, 4.69) is 8.37 Å². The first-order valence-electron chi connectivity index (χ1n) is 4.09. The molecule has 0 saturated carbocycles. The molecular formula is C8H6F4O4S. The van der Waals surface area contributed by atoms with Crippen molar-refractivity contribution in [2.24, 2.45) is 0 Å². The molecule has 0 saturated heterocycles. The lowest BCUT2D eigenvalue weighted by Crippen LogP contribution is -2.23. The quantitative estimate of drug-likeness (QED) is 0.788. The van der Waals surface area contributed by atoms with Crippen LogP contribution in [0.15, 0.2) is 24.3 Å². The van der Waals surface area contributed by atoms with Gasteiger partial charge in [0, 0.05) is 0 Å². The highest BCUT2D eigenvalue weighted by Crippen LogP contribution is 2.18. The number of benzene rings is 1. The molecule has 4 nitrogen and oxygen atoms in total.